The number of ether oxygens (including phenoxy) is 3. The molecule has 6 heteroatoms. The summed E-state index contributed by atoms with van der Waals surface area (Å²) in [4.78, 5) is 2.54. The fourth-order valence-electron chi connectivity index (χ4n) is 3.32. The molecule has 0 amide bonds. The zero-order valence-electron chi connectivity index (χ0n) is 14.5. The van der Waals surface area contributed by atoms with Gasteiger partial charge in [-0.3, -0.25) is 4.90 Å². The normalized spacial score (nSPS) is 25.7. The van der Waals surface area contributed by atoms with Gasteiger partial charge in [-0.05, 0) is 44.7 Å². The molecule has 0 aromatic heterocycles. The van der Waals surface area contributed by atoms with Crippen LogP contribution in [0.3, 0.4) is 0 Å². The van der Waals surface area contributed by atoms with Crippen LogP contribution < -0.4 is 5.32 Å². The number of rotatable bonds is 12. The predicted octanol–water partition coefficient (Wildman–Crippen LogP) is 0.491. The number of piperidine rings is 1. The number of hydrogen-bond donors (Lipinski definition) is 2. The molecule has 0 radical (unpaired) electrons. The minimum atomic E-state index is -0.0920. The lowest BCUT2D eigenvalue weighted by molar-refractivity contribution is -0.0247. The molecule has 2 rings (SSSR count). The Morgan fingerprint density at radius 3 is 2.30 bits per heavy atom. The number of aliphatic hydroxyl groups is 1. The van der Waals surface area contributed by atoms with E-state index in [1.54, 1.807) is 7.11 Å². The molecule has 0 aromatic carbocycles. The van der Waals surface area contributed by atoms with Crippen molar-refractivity contribution in [3.05, 3.63) is 0 Å². The molecular weight excluding hydrogens is 296 g/mol. The molecule has 23 heavy (non-hydrogen) atoms. The van der Waals surface area contributed by atoms with Crippen molar-refractivity contribution >= 4 is 0 Å². The van der Waals surface area contributed by atoms with Crippen LogP contribution >= 0.6 is 0 Å². The van der Waals surface area contributed by atoms with Gasteiger partial charge < -0.3 is 24.6 Å². The quantitative estimate of drug-likeness (QED) is 0.508. The first-order chi connectivity index (χ1) is 11.3. The van der Waals surface area contributed by atoms with Gasteiger partial charge in [-0.15, -0.1) is 0 Å². The van der Waals surface area contributed by atoms with Gasteiger partial charge in [-0.1, -0.05) is 0 Å². The first-order valence-electron chi connectivity index (χ1n) is 9.07. The largest absolute Gasteiger partial charge is 0.393 e. The highest BCUT2D eigenvalue weighted by molar-refractivity contribution is 4.88. The summed E-state index contributed by atoms with van der Waals surface area (Å²) >= 11 is 0. The van der Waals surface area contributed by atoms with E-state index in [1.165, 1.54) is 12.8 Å². The van der Waals surface area contributed by atoms with Crippen LogP contribution in [0, 0.1) is 5.92 Å². The summed E-state index contributed by atoms with van der Waals surface area (Å²) in [6.07, 6.45) is 4.28. The van der Waals surface area contributed by atoms with Gasteiger partial charge in [0.25, 0.3) is 0 Å². The molecule has 1 aliphatic heterocycles. The molecule has 1 aliphatic carbocycles. The van der Waals surface area contributed by atoms with E-state index in [1.807, 2.05) is 0 Å². The zero-order chi connectivity index (χ0) is 16.3. The fourth-order valence-corrected chi connectivity index (χ4v) is 3.32. The molecular formula is C17H34N2O4. The minimum Gasteiger partial charge on any atom is -0.393 e. The van der Waals surface area contributed by atoms with Gasteiger partial charge in [-0.2, -0.15) is 0 Å². The summed E-state index contributed by atoms with van der Waals surface area (Å²) in [5.41, 5.74) is 0. The van der Waals surface area contributed by atoms with Crippen LogP contribution in [-0.4, -0.2) is 88.5 Å². The molecule has 0 bridgehead atoms. The third kappa shape index (κ3) is 7.45. The van der Waals surface area contributed by atoms with Gasteiger partial charge in [0.2, 0.25) is 0 Å². The van der Waals surface area contributed by atoms with E-state index in [4.69, 9.17) is 14.2 Å². The molecule has 2 aliphatic rings. The van der Waals surface area contributed by atoms with Gasteiger partial charge in [0, 0.05) is 26.2 Å². The maximum Gasteiger partial charge on any atom is 0.0701 e. The summed E-state index contributed by atoms with van der Waals surface area (Å²) < 4.78 is 16.0. The smallest absolute Gasteiger partial charge is 0.0701 e. The molecule has 6 nitrogen and oxygen atoms in total. The second kappa shape index (κ2) is 11.3. The van der Waals surface area contributed by atoms with E-state index >= 15 is 0 Å². The molecule has 0 unspecified atom stereocenters. The van der Waals surface area contributed by atoms with Crippen LogP contribution in [0.1, 0.15) is 25.7 Å². The SMILES string of the molecule is COCCOCCOCCN(CC1CCNCC1)C1CC(O)C1. The standard InChI is InChI=1S/C17H34N2O4/c1-21-8-9-23-11-10-22-7-6-19(16-12-17(20)13-16)14-15-2-4-18-5-3-15/h15-18,20H,2-14H2,1H3. The lowest BCUT2D eigenvalue weighted by Gasteiger charge is -2.42. The van der Waals surface area contributed by atoms with Crippen LogP contribution in [0.25, 0.3) is 0 Å². The van der Waals surface area contributed by atoms with Gasteiger partial charge in [0.05, 0.1) is 39.1 Å². The Bertz CT molecular complexity index is 294. The summed E-state index contributed by atoms with van der Waals surface area (Å²) in [6, 6.07) is 0.543. The first kappa shape index (κ1) is 19.1. The molecule has 0 aromatic rings. The average Bonchev–Trinajstić information content (AvgIpc) is 2.54. The zero-order valence-corrected chi connectivity index (χ0v) is 14.5. The molecule has 1 saturated carbocycles. The van der Waals surface area contributed by atoms with Gasteiger partial charge in [-0.25, -0.2) is 0 Å². The fraction of sp³-hybridized carbons (Fsp3) is 1.00. The lowest BCUT2D eigenvalue weighted by Crippen LogP contribution is -2.50. The Hall–Kier alpha value is -0.240. The van der Waals surface area contributed by atoms with E-state index in [0.29, 0.717) is 32.5 Å². The highest BCUT2D eigenvalue weighted by Gasteiger charge is 2.33. The van der Waals surface area contributed by atoms with E-state index in [9.17, 15) is 5.11 Å². The first-order valence-corrected chi connectivity index (χ1v) is 9.07. The topological polar surface area (TPSA) is 63.2 Å². The Morgan fingerprint density at radius 2 is 1.65 bits per heavy atom. The number of nitrogens with zero attached hydrogens (tertiary/aromatic N) is 1. The summed E-state index contributed by atoms with van der Waals surface area (Å²) in [6.45, 7) is 7.65. The van der Waals surface area contributed by atoms with Crippen molar-refractivity contribution in [1.82, 2.24) is 10.2 Å². The van der Waals surface area contributed by atoms with Crippen LogP contribution in [0.5, 0.6) is 0 Å². The van der Waals surface area contributed by atoms with Crippen molar-refractivity contribution in [2.45, 2.75) is 37.8 Å². The molecule has 1 saturated heterocycles. The monoisotopic (exact) mass is 330 g/mol. The third-order valence-corrected chi connectivity index (χ3v) is 4.88. The van der Waals surface area contributed by atoms with Gasteiger partial charge >= 0.3 is 0 Å². The van der Waals surface area contributed by atoms with Crippen molar-refractivity contribution in [2.75, 3.05) is 66.3 Å². The number of nitrogens with one attached hydrogen (secondary N) is 1. The summed E-state index contributed by atoms with van der Waals surface area (Å²) in [7, 11) is 1.67. The maximum absolute atomic E-state index is 9.59. The Morgan fingerprint density at radius 1 is 1.00 bits per heavy atom. The van der Waals surface area contributed by atoms with Crippen LogP contribution in [0.4, 0.5) is 0 Å². The number of aliphatic hydroxyl groups excluding tert-OH is 1. The second-order valence-electron chi connectivity index (χ2n) is 6.68. The Balaban J connectivity index is 1.58. The molecule has 0 spiro atoms. The van der Waals surface area contributed by atoms with Gasteiger partial charge in [0.15, 0.2) is 0 Å². The third-order valence-electron chi connectivity index (χ3n) is 4.88. The average molecular weight is 330 g/mol. The van der Waals surface area contributed by atoms with E-state index < -0.39 is 0 Å². The van der Waals surface area contributed by atoms with Crippen molar-refractivity contribution in [3.8, 4) is 0 Å². The van der Waals surface area contributed by atoms with Crippen molar-refractivity contribution in [1.29, 1.82) is 0 Å². The van der Waals surface area contributed by atoms with Crippen molar-refractivity contribution in [2.24, 2.45) is 5.92 Å². The van der Waals surface area contributed by atoms with Crippen LogP contribution in [0.2, 0.25) is 0 Å². The Labute approximate surface area is 140 Å². The molecule has 136 valence electrons. The lowest BCUT2D eigenvalue weighted by atomic mass is 9.86. The highest BCUT2D eigenvalue weighted by atomic mass is 16.5. The van der Waals surface area contributed by atoms with Crippen molar-refractivity contribution in [3.63, 3.8) is 0 Å². The molecule has 1 heterocycles. The molecule has 0 atom stereocenters. The van der Waals surface area contributed by atoms with E-state index in [2.05, 4.69) is 10.2 Å². The van der Waals surface area contributed by atoms with Gasteiger partial charge in [0.1, 0.15) is 0 Å². The minimum absolute atomic E-state index is 0.0920. The molecule has 2 fully saturated rings. The molecule has 2 N–H and O–H groups in total. The highest BCUT2D eigenvalue weighted by Crippen LogP contribution is 2.27. The number of methoxy groups -OCH3 is 1. The second-order valence-corrected chi connectivity index (χ2v) is 6.68. The van der Waals surface area contributed by atoms with E-state index in [0.717, 1.165) is 51.5 Å². The summed E-state index contributed by atoms with van der Waals surface area (Å²) in [5, 5.41) is 13.0. The van der Waals surface area contributed by atoms with Crippen LogP contribution in [0.15, 0.2) is 0 Å². The predicted molar refractivity (Wildman–Crippen MR) is 89.7 cm³/mol. The Kier molecular flexibility index (Phi) is 9.41. The number of hydrogen-bond acceptors (Lipinski definition) is 6. The summed E-state index contributed by atoms with van der Waals surface area (Å²) in [5.74, 6) is 0.784. The van der Waals surface area contributed by atoms with Crippen molar-refractivity contribution < 1.29 is 19.3 Å². The van der Waals surface area contributed by atoms with E-state index in [-0.39, 0.29) is 6.10 Å². The van der Waals surface area contributed by atoms with Crippen LogP contribution in [-0.2, 0) is 14.2 Å². The maximum atomic E-state index is 9.59.